The van der Waals surface area contributed by atoms with Gasteiger partial charge in [0.15, 0.2) is 0 Å². The lowest BCUT2D eigenvalue weighted by atomic mass is 10.1. The molecule has 0 amide bonds. The number of rotatable bonds is 21. The topological polar surface area (TPSA) is 0 Å². The van der Waals surface area contributed by atoms with Crippen LogP contribution < -0.4 is 0 Å². The van der Waals surface area contributed by atoms with Crippen molar-refractivity contribution in [2.24, 2.45) is 0 Å². The highest BCUT2D eigenvalue weighted by atomic mass is 15.7. The van der Waals surface area contributed by atoms with Crippen LogP contribution in [0.1, 0.15) is 136 Å². The monoisotopic (exact) mass is 469 g/mol. The van der Waals surface area contributed by atoms with Crippen molar-refractivity contribution in [1.82, 2.24) is 0 Å². The summed E-state index contributed by atoms with van der Waals surface area (Å²) in [5.41, 5.74) is 0. The maximum atomic E-state index is 2.60. The molecule has 0 atom stereocenters. The number of quaternary nitrogens is 3. The van der Waals surface area contributed by atoms with Crippen molar-refractivity contribution in [1.29, 1.82) is 0 Å². The quantitative estimate of drug-likeness (QED) is 0.117. The van der Waals surface area contributed by atoms with Crippen LogP contribution in [0.4, 0.5) is 0 Å². The Morgan fingerprint density at radius 3 is 0.788 bits per heavy atom. The maximum absolute atomic E-state index is 2.60. The van der Waals surface area contributed by atoms with Crippen molar-refractivity contribution in [2.75, 3.05) is 60.8 Å². The van der Waals surface area contributed by atoms with Crippen LogP contribution in [0.25, 0.3) is 0 Å². The lowest BCUT2D eigenvalue weighted by Crippen LogP contribution is -2.76. The Balaban J connectivity index is 2.64. The molecule has 3 nitrogen and oxygen atoms in total. The first-order valence-corrected chi connectivity index (χ1v) is 15.3. The first kappa shape index (κ1) is 30.9. The Bertz CT molecular complexity index is 389. The SMILES string of the molecule is CCCCCCCC[N+]1(C)C[N+](C)(CCCCCCCC)C[N+](C)(CCCCCCCC)C1. The molecule has 0 aromatic rings. The van der Waals surface area contributed by atoms with E-state index in [2.05, 4.69) is 41.9 Å². The molecule has 0 N–H and O–H groups in total. The van der Waals surface area contributed by atoms with E-state index in [9.17, 15) is 0 Å². The summed E-state index contributed by atoms with van der Waals surface area (Å²) in [4.78, 5) is 0. The summed E-state index contributed by atoms with van der Waals surface area (Å²) in [6, 6.07) is 0. The van der Waals surface area contributed by atoms with Crippen molar-refractivity contribution in [2.45, 2.75) is 136 Å². The second-order valence-electron chi connectivity index (χ2n) is 12.8. The summed E-state index contributed by atoms with van der Waals surface area (Å²) >= 11 is 0. The second-order valence-corrected chi connectivity index (χ2v) is 12.8. The van der Waals surface area contributed by atoms with Gasteiger partial charge in [-0.15, -0.1) is 0 Å². The minimum Gasteiger partial charge on any atom is -0.233 e. The Labute approximate surface area is 210 Å². The Morgan fingerprint density at radius 2 is 0.545 bits per heavy atom. The van der Waals surface area contributed by atoms with E-state index in [1.807, 2.05) is 0 Å². The van der Waals surface area contributed by atoms with Crippen molar-refractivity contribution in [3.8, 4) is 0 Å². The molecule has 0 aromatic carbocycles. The average Bonchev–Trinajstić information content (AvgIpc) is 2.74. The van der Waals surface area contributed by atoms with Crippen LogP contribution in [0.2, 0.25) is 0 Å². The molecule has 1 aliphatic rings. The third kappa shape index (κ3) is 14.1. The summed E-state index contributed by atoms with van der Waals surface area (Å²) < 4.78 is 3.89. The lowest BCUT2D eigenvalue weighted by molar-refractivity contribution is -1.25. The lowest BCUT2D eigenvalue weighted by Gasteiger charge is -2.54. The van der Waals surface area contributed by atoms with E-state index in [1.165, 1.54) is 169 Å². The summed E-state index contributed by atoms with van der Waals surface area (Å²) in [5, 5.41) is 0. The fourth-order valence-electron chi connectivity index (χ4n) is 6.85. The van der Waals surface area contributed by atoms with Crippen molar-refractivity contribution < 1.29 is 13.4 Å². The Morgan fingerprint density at radius 1 is 0.333 bits per heavy atom. The van der Waals surface area contributed by atoms with Gasteiger partial charge in [0.05, 0.1) is 40.8 Å². The molecule has 0 aromatic heterocycles. The van der Waals surface area contributed by atoms with Crippen LogP contribution in [0.5, 0.6) is 0 Å². The number of hydrogen-bond acceptors (Lipinski definition) is 0. The van der Waals surface area contributed by atoms with Crippen LogP contribution in [-0.4, -0.2) is 74.2 Å². The fraction of sp³-hybridized carbons (Fsp3) is 1.00. The van der Waals surface area contributed by atoms with Gasteiger partial charge in [-0.25, -0.2) is 13.4 Å². The van der Waals surface area contributed by atoms with Crippen LogP contribution in [0.3, 0.4) is 0 Å². The largest absolute Gasteiger partial charge is 0.233 e. The van der Waals surface area contributed by atoms with E-state index in [-0.39, 0.29) is 0 Å². The van der Waals surface area contributed by atoms with Gasteiger partial charge in [-0.2, -0.15) is 0 Å². The molecule has 0 spiro atoms. The summed E-state index contributed by atoms with van der Waals surface area (Å²) in [6.45, 7) is 15.2. The molecule has 0 aliphatic carbocycles. The molecule has 33 heavy (non-hydrogen) atoms. The van der Waals surface area contributed by atoms with Crippen LogP contribution >= 0.6 is 0 Å². The highest BCUT2D eigenvalue weighted by molar-refractivity contribution is 4.50. The summed E-state index contributed by atoms with van der Waals surface area (Å²) in [6.07, 6.45) is 25.6. The van der Waals surface area contributed by atoms with Gasteiger partial charge in [0.25, 0.3) is 0 Å². The zero-order valence-electron chi connectivity index (χ0n) is 24.3. The molecular weight excluding hydrogens is 402 g/mol. The first-order chi connectivity index (χ1) is 15.8. The van der Waals surface area contributed by atoms with Gasteiger partial charge in [-0.3, -0.25) is 0 Å². The smallest absolute Gasteiger partial charge is 0.215 e. The molecule has 0 radical (unpaired) electrons. The van der Waals surface area contributed by atoms with E-state index in [0.29, 0.717) is 0 Å². The molecule has 3 heteroatoms. The molecule has 1 fully saturated rings. The van der Waals surface area contributed by atoms with Gasteiger partial charge in [-0.1, -0.05) is 97.8 Å². The van der Waals surface area contributed by atoms with E-state index in [0.717, 1.165) is 0 Å². The fourth-order valence-corrected chi connectivity index (χ4v) is 6.85. The van der Waals surface area contributed by atoms with Gasteiger partial charge in [-0.05, 0) is 38.5 Å². The van der Waals surface area contributed by atoms with Gasteiger partial charge in [0, 0.05) is 0 Å². The minimum atomic E-state index is 1.30. The molecular formula is C30H66N3+3. The molecule has 0 saturated carbocycles. The van der Waals surface area contributed by atoms with Gasteiger partial charge in [0.1, 0.15) is 0 Å². The van der Waals surface area contributed by atoms with Crippen LogP contribution in [-0.2, 0) is 0 Å². The van der Waals surface area contributed by atoms with Gasteiger partial charge in [0.2, 0.25) is 20.0 Å². The van der Waals surface area contributed by atoms with E-state index in [4.69, 9.17) is 0 Å². The van der Waals surface area contributed by atoms with E-state index >= 15 is 0 Å². The molecule has 1 saturated heterocycles. The van der Waals surface area contributed by atoms with Crippen molar-refractivity contribution in [3.63, 3.8) is 0 Å². The third-order valence-electron chi connectivity index (χ3n) is 8.20. The molecule has 1 rings (SSSR count). The average molecular weight is 469 g/mol. The highest BCUT2D eigenvalue weighted by Gasteiger charge is 2.49. The second kappa shape index (κ2) is 17.3. The third-order valence-corrected chi connectivity index (χ3v) is 8.20. The van der Waals surface area contributed by atoms with Crippen LogP contribution in [0, 0.1) is 0 Å². The number of nitrogens with zero attached hydrogens (tertiary/aromatic N) is 3. The minimum absolute atomic E-state index is 1.30. The molecule has 1 aliphatic heterocycles. The van der Waals surface area contributed by atoms with Crippen molar-refractivity contribution >= 4 is 0 Å². The molecule has 198 valence electrons. The predicted octanol–water partition coefficient (Wildman–Crippen LogP) is 8.29. The molecule has 0 bridgehead atoms. The zero-order valence-corrected chi connectivity index (χ0v) is 24.3. The molecule has 0 unspecified atom stereocenters. The van der Waals surface area contributed by atoms with E-state index < -0.39 is 0 Å². The summed E-state index contributed by atoms with van der Waals surface area (Å²) in [5.74, 6) is 0. The zero-order chi connectivity index (χ0) is 24.5. The first-order valence-electron chi connectivity index (χ1n) is 15.3. The maximum Gasteiger partial charge on any atom is 0.215 e. The van der Waals surface area contributed by atoms with Gasteiger partial charge < -0.3 is 0 Å². The van der Waals surface area contributed by atoms with E-state index in [1.54, 1.807) is 0 Å². The Hall–Kier alpha value is -0.120. The highest BCUT2D eigenvalue weighted by Crippen LogP contribution is 2.28. The number of unbranched alkanes of at least 4 members (excludes halogenated alkanes) is 15. The molecule has 1 heterocycles. The summed E-state index contributed by atoms with van der Waals surface area (Å²) in [7, 11) is 7.79. The standard InChI is InChI=1S/C30H66N3/c1-7-10-13-16-19-22-25-31(4)28-32(5,26-23-20-17-14-11-8-2)30-33(6,29-31)27-24-21-18-15-12-9-3/h7-30H2,1-6H3/q+3. The predicted molar refractivity (Wildman–Crippen MR) is 148 cm³/mol. The van der Waals surface area contributed by atoms with Gasteiger partial charge >= 0.3 is 0 Å². The van der Waals surface area contributed by atoms with Crippen LogP contribution in [0.15, 0.2) is 0 Å². The van der Waals surface area contributed by atoms with Crippen molar-refractivity contribution in [3.05, 3.63) is 0 Å². The Kier molecular flexibility index (Phi) is 16.2. The number of hydrogen-bond donors (Lipinski definition) is 0. The normalized spacial score (nSPS) is 27.8.